The molecule has 1 aliphatic carbocycles. The third-order valence-corrected chi connectivity index (χ3v) is 8.75. The van der Waals surface area contributed by atoms with Gasteiger partial charge in [-0.3, -0.25) is 9.69 Å². The molecule has 0 radical (unpaired) electrons. The van der Waals surface area contributed by atoms with Crippen LogP contribution in [0.15, 0.2) is 24.3 Å². The highest BCUT2D eigenvalue weighted by atomic mass is 16.5. The predicted octanol–water partition coefficient (Wildman–Crippen LogP) is 3.65. The topological polar surface area (TPSA) is 84.0 Å². The van der Waals surface area contributed by atoms with E-state index in [1.54, 1.807) is 0 Å². The second-order valence-corrected chi connectivity index (χ2v) is 11.3. The van der Waals surface area contributed by atoms with Crippen molar-refractivity contribution in [3.05, 3.63) is 30.0 Å². The highest BCUT2D eigenvalue weighted by molar-refractivity contribution is 5.99. The zero-order valence-electron chi connectivity index (χ0n) is 21.4. The summed E-state index contributed by atoms with van der Waals surface area (Å²) in [5.41, 5.74) is 7.49. The van der Waals surface area contributed by atoms with Crippen LogP contribution >= 0.6 is 0 Å². The molecule has 7 nitrogen and oxygen atoms in total. The van der Waals surface area contributed by atoms with Crippen LogP contribution in [0.5, 0.6) is 5.75 Å². The molecule has 3 atom stereocenters. The Morgan fingerprint density at radius 3 is 2.60 bits per heavy atom. The van der Waals surface area contributed by atoms with Crippen LogP contribution in [-0.2, 0) is 0 Å². The van der Waals surface area contributed by atoms with Crippen LogP contribution in [0.4, 0.5) is 0 Å². The smallest absolute Gasteiger partial charge is 0.265 e. The molecule has 3 N–H and O–H groups in total. The summed E-state index contributed by atoms with van der Waals surface area (Å²) in [5.74, 6) is 1.49. The molecule has 3 fully saturated rings. The maximum Gasteiger partial charge on any atom is 0.265 e. The second-order valence-electron chi connectivity index (χ2n) is 11.3. The molecule has 1 amide bonds. The zero-order valence-corrected chi connectivity index (χ0v) is 21.4. The predicted molar refractivity (Wildman–Crippen MR) is 139 cm³/mol. The summed E-state index contributed by atoms with van der Waals surface area (Å²) < 4.78 is 8.38. The molecule has 1 saturated carbocycles. The van der Waals surface area contributed by atoms with Gasteiger partial charge in [0, 0.05) is 50.2 Å². The number of ether oxygens (including phenoxy) is 1. The van der Waals surface area contributed by atoms with Crippen molar-refractivity contribution in [3.63, 3.8) is 0 Å². The lowest BCUT2D eigenvalue weighted by molar-refractivity contribution is 0.0112. The van der Waals surface area contributed by atoms with E-state index < -0.39 is 0 Å². The van der Waals surface area contributed by atoms with Gasteiger partial charge in [-0.1, -0.05) is 19.4 Å². The van der Waals surface area contributed by atoms with Gasteiger partial charge < -0.3 is 25.0 Å². The van der Waals surface area contributed by atoms with Gasteiger partial charge in [-0.2, -0.15) is 0 Å². The molecule has 7 heteroatoms. The van der Waals surface area contributed by atoms with Crippen molar-refractivity contribution in [2.24, 2.45) is 17.6 Å². The highest BCUT2D eigenvalue weighted by Crippen LogP contribution is 2.36. The largest absolute Gasteiger partial charge is 0.493 e. The molecule has 2 aliphatic heterocycles. The van der Waals surface area contributed by atoms with Crippen molar-refractivity contribution in [1.82, 2.24) is 14.4 Å². The number of aliphatic hydroxyl groups is 1. The molecule has 2 saturated heterocycles. The number of aliphatic hydroxyl groups excluding tert-OH is 1. The Morgan fingerprint density at radius 1 is 1.17 bits per heavy atom. The van der Waals surface area contributed by atoms with E-state index in [9.17, 15) is 9.90 Å². The fraction of sp³-hybridized carbons (Fsp3) is 0.679. The Labute approximate surface area is 209 Å². The minimum absolute atomic E-state index is 0.158. The van der Waals surface area contributed by atoms with Crippen LogP contribution in [0.1, 0.15) is 68.9 Å². The summed E-state index contributed by atoms with van der Waals surface area (Å²) in [6, 6.07) is 8.82. The van der Waals surface area contributed by atoms with Crippen molar-refractivity contribution in [2.45, 2.75) is 70.6 Å². The van der Waals surface area contributed by atoms with Gasteiger partial charge in [0.1, 0.15) is 11.4 Å². The SMILES string of the molecule is C[C@H]1CN([C@@H](C)CN2CCC(n3c(C(N)=O)cc4c(OCC5CCC5)cccc43)CC2)CC[C@@H]1O. The Hall–Kier alpha value is -2.09. The van der Waals surface area contributed by atoms with Gasteiger partial charge in [0.15, 0.2) is 0 Å². The number of rotatable bonds is 8. The molecular weight excluding hydrogens is 440 g/mol. The van der Waals surface area contributed by atoms with Gasteiger partial charge in [-0.05, 0) is 69.1 Å². The molecule has 1 aromatic heterocycles. The summed E-state index contributed by atoms with van der Waals surface area (Å²) in [6.45, 7) is 10.2. The zero-order chi connectivity index (χ0) is 24.5. The van der Waals surface area contributed by atoms with Gasteiger partial charge in [-0.15, -0.1) is 0 Å². The van der Waals surface area contributed by atoms with Gasteiger partial charge in [-0.25, -0.2) is 0 Å². The number of carbonyl (C=O) groups excluding carboxylic acids is 1. The van der Waals surface area contributed by atoms with E-state index in [2.05, 4.69) is 34.3 Å². The van der Waals surface area contributed by atoms with Gasteiger partial charge in [0.25, 0.3) is 5.91 Å². The van der Waals surface area contributed by atoms with E-state index in [0.29, 0.717) is 23.6 Å². The molecule has 0 bridgehead atoms. The Balaban J connectivity index is 1.26. The van der Waals surface area contributed by atoms with E-state index in [-0.39, 0.29) is 18.1 Å². The van der Waals surface area contributed by atoms with Crippen molar-refractivity contribution in [1.29, 1.82) is 0 Å². The van der Waals surface area contributed by atoms with E-state index >= 15 is 0 Å². The molecule has 35 heavy (non-hydrogen) atoms. The van der Waals surface area contributed by atoms with Crippen molar-refractivity contribution in [3.8, 4) is 5.75 Å². The average molecular weight is 483 g/mol. The number of benzene rings is 1. The molecular formula is C28H42N4O3. The lowest BCUT2D eigenvalue weighted by Gasteiger charge is -2.41. The summed E-state index contributed by atoms with van der Waals surface area (Å²) in [6.07, 6.45) is 6.51. The molecule has 0 spiro atoms. The number of aromatic nitrogens is 1. The number of hydrogen-bond donors (Lipinski definition) is 2. The van der Waals surface area contributed by atoms with Crippen molar-refractivity contribution < 1.29 is 14.6 Å². The number of amides is 1. The van der Waals surface area contributed by atoms with Crippen molar-refractivity contribution >= 4 is 16.8 Å². The number of nitrogens with zero attached hydrogens (tertiary/aromatic N) is 3. The van der Waals surface area contributed by atoms with Crippen LogP contribution in [0.25, 0.3) is 10.9 Å². The van der Waals surface area contributed by atoms with E-state index in [1.165, 1.54) is 19.3 Å². The third-order valence-electron chi connectivity index (χ3n) is 8.75. The third kappa shape index (κ3) is 5.23. The molecule has 3 heterocycles. The maximum atomic E-state index is 12.4. The lowest BCUT2D eigenvalue weighted by Crippen LogP contribution is -2.50. The first-order valence-electron chi connectivity index (χ1n) is 13.6. The van der Waals surface area contributed by atoms with Crippen LogP contribution in [0.3, 0.4) is 0 Å². The Morgan fingerprint density at radius 2 is 1.94 bits per heavy atom. The summed E-state index contributed by atoms with van der Waals surface area (Å²) in [7, 11) is 0. The normalized spacial score (nSPS) is 26.0. The second kappa shape index (κ2) is 10.5. The molecule has 3 aliphatic rings. The number of fused-ring (bicyclic) bond motifs is 1. The van der Waals surface area contributed by atoms with Gasteiger partial charge >= 0.3 is 0 Å². The van der Waals surface area contributed by atoms with Crippen LogP contribution < -0.4 is 10.5 Å². The number of carbonyl (C=O) groups is 1. The van der Waals surface area contributed by atoms with Crippen LogP contribution in [0.2, 0.25) is 0 Å². The maximum absolute atomic E-state index is 12.4. The number of nitrogens with two attached hydrogens (primary N) is 1. The van der Waals surface area contributed by atoms with E-state index in [1.807, 2.05) is 18.2 Å². The number of likely N-dealkylation sites (tertiary alicyclic amines) is 2. The Kier molecular flexibility index (Phi) is 7.37. The van der Waals surface area contributed by atoms with Gasteiger partial charge in [0.05, 0.1) is 18.2 Å². The summed E-state index contributed by atoms with van der Waals surface area (Å²) >= 11 is 0. The van der Waals surface area contributed by atoms with E-state index in [4.69, 9.17) is 10.5 Å². The fourth-order valence-corrected chi connectivity index (χ4v) is 6.21. The molecule has 5 rings (SSSR count). The molecule has 2 aromatic rings. The van der Waals surface area contributed by atoms with Crippen LogP contribution in [-0.4, -0.2) is 76.9 Å². The number of hydrogen-bond acceptors (Lipinski definition) is 5. The first-order valence-corrected chi connectivity index (χ1v) is 13.6. The Bertz CT molecular complexity index is 1020. The standard InChI is InChI=1S/C28H42N4O3/c1-19-16-31(14-11-26(19)33)20(2)17-30-12-9-22(10-13-30)32-24-7-4-8-27(35-18-21-5-3-6-21)23(24)15-25(32)28(29)34/h4,7-8,15,19-22,26,33H,3,5-6,9-14,16-18H2,1-2H3,(H2,29,34)/t19-,20-,26-/m0/s1. The fourth-order valence-electron chi connectivity index (χ4n) is 6.21. The van der Waals surface area contributed by atoms with Crippen LogP contribution in [0, 0.1) is 11.8 Å². The molecule has 192 valence electrons. The van der Waals surface area contributed by atoms with Gasteiger partial charge in [0.2, 0.25) is 0 Å². The first kappa shape index (κ1) is 24.6. The number of piperidine rings is 2. The van der Waals surface area contributed by atoms with Crippen molar-refractivity contribution in [2.75, 3.05) is 39.3 Å². The lowest BCUT2D eigenvalue weighted by atomic mass is 9.86. The minimum Gasteiger partial charge on any atom is -0.493 e. The quantitative estimate of drug-likeness (QED) is 0.600. The highest BCUT2D eigenvalue weighted by Gasteiger charge is 2.30. The summed E-state index contributed by atoms with van der Waals surface area (Å²) in [5, 5.41) is 11.1. The average Bonchev–Trinajstić information content (AvgIpc) is 3.21. The number of primary amides is 1. The molecule has 0 unspecified atom stereocenters. The summed E-state index contributed by atoms with van der Waals surface area (Å²) in [4.78, 5) is 17.5. The first-order chi connectivity index (χ1) is 16.9. The minimum atomic E-state index is -0.372. The monoisotopic (exact) mass is 482 g/mol. The molecule has 1 aromatic carbocycles. The van der Waals surface area contributed by atoms with E-state index in [0.717, 1.165) is 75.2 Å².